The molecule has 0 N–H and O–H groups in total. The second-order valence-electron chi connectivity index (χ2n) is 8.59. The largest absolute Gasteiger partial charge is 0.334 e. The number of benzene rings is 2. The minimum atomic E-state index is -3.88. The summed E-state index contributed by atoms with van der Waals surface area (Å²) in [5.74, 6) is -0.403. The van der Waals surface area contributed by atoms with Crippen LogP contribution >= 0.6 is 7.60 Å². The van der Waals surface area contributed by atoms with Crippen molar-refractivity contribution in [2.75, 3.05) is 19.0 Å². The summed E-state index contributed by atoms with van der Waals surface area (Å²) in [7, 11) is -7.50. The van der Waals surface area contributed by atoms with Gasteiger partial charge in [0.2, 0.25) is 0 Å². The molecule has 2 aromatic rings. The second kappa shape index (κ2) is 14.2. The van der Waals surface area contributed by atoms with Crippen LogP contribution in [-0.4, -0.2) is 39.1 Å². The van der Waals surface area contributed by atoms with Gasteiger partial charge in [-0.15, -0.1) is 0 Å². The quantitative estimate of drug-likeness (QED) is 0.198. The summed E-state index contributed by atoms with van der Waals surface area (Å²) in [6, 6.07) is 18.8. The fourth-order valence-electron chi connectivity index (χ4n) is 3.86. The Morgan fingerprint density at radius 3 is 1.79 bits per heavy atom. The van der Waals surface area contributed by atoms with Crippen LogP contribution in [0.15, 0.2) is 54.6 Å². The van der Waals surface area contributed by atoms with E-state index in [1.54, 1.807) is 27.7 Å². The zero-order valence-electron chi connectivity index (χ0n) is 20.8. The van der Waals surface area contributed by atoms with Gasteiger partial charge in [0.1, 0.15) is 0 Å². The van der Waals surface area contributed by atoms with Gasteiger partial charge in [0.25, 0.3) is 10.1 Å². The third kappa shape index (κ3) is 10.0. The third-order valence-corrected chi connectivity index (χ3v) is 9.67. The van der Waals surface area contributed by atoms with E-state index in [0.717, 1.165) is 24.8 Å². The maximum absolute atomic E-state index is 13.4. The van der Waals surface area contributed by atoms with Crippen LogP contribution in [0, 0.1) is 0 Å². The van der Waals surface area contributed by atoms with E-state index in [0.29, 0.717) is 12.8 Å². The molecule has 0 spiro atoms. The molecule has 6 nitrogen and oxygen atoms in total. The van der Waals surface area contributed by atoms with Gasteiger partial charge >= 0.3 is 7.60 Å². The van der Waals surface area contributed by atoms with E-state index in [1.807, 2.05) is 6.07 Å². The topological polar surface area (TPSA) is 78.9 Å². The molecule has 8 heteroatoms. The summed E-state index contributed by atoms with van der Waals surface area (Å²) in [5.41, 5.74) is 2.85. The molecule has 0 saturated heterocycles. The van der Waals surface area contributed by atoms with Crippen molar-refractivity contribution in [3.8, 4) is 0 Å². The Balaban J connectivity index is 2.02. The van der Waals surface area contributed by atoms with Crippen LogP contribution in [0.1, 0.15) is 57.2 Å². The van der Waals surface area contributed by atoms with E-state index in [9.17, 15) is 13.0 Å². The van der Waals surface area contributed by atoms with Gasteiger partial charge in [-0.3, -0.25) is 8.75 Å². The Morgan fingerprint density at radius 1 is 0.794 bits per heavy atom. The van der Waals surface area contributed by atoms with Crippen molar-refractivity contribution in [3.05, 3.63) is 71.3 Å². The zero-order valence-corrected chi connectivity index (χ0v) is 22.5. The smallest absolute Gasteiger partial charge is 0.309 e. The van der Waals surface area contributed by atoms with E-state index in [-0.39, 0.29) is 13.2 Å². The molecule has 0 aromatic heterocycles. The molecule has 0 heterocycles. The zero-order chi connectivity index (χ0) is 25.0. The molecule has 0 aliphatic carbocycles. The fourth-order valence-corrected chi connectivity index (χ4v) is 8.10. The minimum absolute atomic E-state index is 0.177. The maximum Gasteiger partial charge on any atom is 0.334 e. The summed E-state index contributed by atoms with van der Waals surface area (Å²) in [4.78, 5) is 0. The Hall–Kier alpha value is -1.50. The van der Waals surface area contributed by atoms with E-state index < -0.39 is 35.2 Å². The fraction of sp³-hybridized carbons (Fsp3) is 0.538. The average molecular weight is 511 g/mol. The molecule has 2 rings (SSSR count). The van der Waals surface area contributed by atoms with Crippen molar-refractivity contribution in [2.45, 2.75) is 71.6 Å². The number of hydrogen-bond acceptors (Lipinski definition) is 6. The monoisotopic (exact) mass is 510 g/mol. The van der Waals surface area contributed by atoms with Gasteiger partial charge in [-0.25, -0.2) is 0 Å². The van der Waals surface area contributed by atoms with Gasteiger partial charge in [0.05, 0.1) is 30.7 Å². The Kier molecular flexibility index (Phi) is 12.0. The summed E-state index contributed by atoms with van der Waals surface area (Å²) in [6.45, 7) is 7.10. The van der Waals surface area contributed by atoms with Gasteiger partial charge in [0.15, 0.2) is 0 Å². The molecule has 34 heavy (non-hydrogen) atoms. The van der Waals surface area contributed by atoms with E-state index in [4.69, 9.17) is 13.2 Å². The molecule has 1 unspecified atom stereocenters. The lowest BCUT2D eigenvalue weighted by molar-refractivity contribution is 0.210. The normalized spacial score (nSPS) is 13.3. The molecule has 0 fully saturated rings. The molecule has 190 valence electrons. The summed E-state index contributed by atoms with van der Waals surface area (Å²) in [6.07, 6.45) is 3.54. The highest BCUT2D eigenvalue weighted by atomic mass is 32.2. The van der Waals surface area contributed by atoms with Gasteiger partial charge in [0, 0.05) is 0 Å². The molecule has 0 radical (unpaired) electrons. The van der Waals surface area contributed by atoms with Crippen molar-refractivity contribution in [1.29, 1.82) is 0 Å². The number of hydrogen-bond donors (Lipinski definition) is 0. The predicted octanol–water partition coefficient (Wildman–Crippen LogP) is 6.18. The number of rotatable bonds is 16. The molecular weight excluding hydrogens is 471 g/mol. The lowest BCUT2D eigenvalue weighted by Crippen LogP contribution is -2.27. The number of aryl methyl sites for hydroxylation is 3. The summed E-state index contributed by atoms with van der Waals surface area (Å²) in [5, 5.41) is 0. The van der Waals surface area contributed by atoms with Gasteiger partial charge < -0.3 is 9.05 Å². The highest BCUT2D eigenvalue weighted by Crippen LogP contribution is 2.55. The standard InChI is InChI=1S/C26H39O6PS/c1-5-30-33(27,31-6-2)26(21-34(28,29)32-22(3)4)20-19-25-17-15-24(16-18-25)14-10-13-23-11-8-7-9-12-23/h7-9,11-12,15-18,22,26H,5-6,10,13-14,19-21H2,1-4H3. The SMILES string of the molecule is CCOP(=O)(OCC)C(CCc1ccc(CCCc2ccccc2)cc1)CS(=O)(=O)OC(C)C. The lowest BCUT2D eigenvalue weighted by Gasteiger charge is -2.26. The van der Waals surface area contributed by atoms with Crippen molar-refractivity contribution in [3.63, 3.8) is 0 Å². The third-order valence-electron chi connectivity index (χ3n) is 5.36. The Morgan fingerprint density at radius 2 is 1.29 bits per heavy atom. The van der Waals surface area contributed by atoms with Crippen LogP contribution in [-0.2, 0) is 47.2 Å². The van der Waals surface area contributed by atoms with Gasteiger partial charge in [-0.05, 0) is 76.5 Å². The van der Waals surface area contributed by atoms with Crippen LogP contribution in [0.5, 0.6) is 0 Å². The average Bonchev–Trinajstić information content (AvgIpc) is 2.77. The maximum atomic E-state index is 13.4. The highest BCUT2D eigenvalue weighted by Gasteiger charge is 2.39. The molecule has 2 aromatic carbocycles. The second-order valence-corrected chi connectivity index (χ2v) is 12.6. The Labute approximate surface area is 205 Å². The molecular formula is C26H39O6PS. The van der Waals surface area contributed by atoms with E-state index >= 15 is 0 Å². The van der Waals surface area contributed by atoms with Crippen LogP contribution in [0.3, 0.4) is 0 Å². The van der Waals surface area contributed by atoms with Crippen LogP contribution in [0.4, 0.5) is 0 Å². The van der Waals surface area contributed by atoms with Crippen LogP contribution < -0.4 is 0 Å². The van der Waals surface area contributed by atoms with Crippen molar-refractivity contribution in [2.24, 2.45) is 0 Å². The molecule has 0 bridgehead atoms. The van der Waals surface area contributed by atoms with E-state index in [1.165, 1.54) is 11.1 Å². The summed E-state index contributed by atoms with van der Waals surface area (Å²) >= 11 is 0. The van der Waals surface area contributed by atoms with E-state index in [2.05, 4.69) is 48.5 Å². The molecule has 0 aliphatic rings. The first-order chi connectivity index (χ1) is 16.2. The Bertz CT molecular complexity index is 980. The van der Waals surface area contributed by atoms with Crippen molar-refractivity contribution < 1.29 is 26.2 Å². The minimum Gasteiger partial charge on any atom is -0.309 e. The molecule has 0 amide bonds. The first-order valence-corrected chi connectivity index (χ1v) is 15.3. The first-order valence-electron chi connectivity index (χ1n) is 12.1. The van der Waals surface area contributed by atoms with Gasteiger partial charge in [-0.1, -0.05) is 54.6 Å². The van der Waals surface area contributed by atoms with Crippen LogP contribution in [0.25, 0.3) is 0 Å². The van der Waals surface area contributed by atoms with Gasteiger partial charge in [-0.2, -0.15) is 8.42 Å². The van der Waals surface area contributed by atoms with Crippen LogP contribution in [0.2, 0.25) is 0 Å². The highest BCUT2D eigenvalue weighted by molar-refractivity contribution is 7.87. The molecule has 1 atom stereocenters. The van der Waals surface area contributed by atoms with Crippen molar-refractivity contribution >= 4 is 17.7 Å². The first kappa shape index (κ1) is 28.7. The molecule has 0 aliphatic heterocycles. The van der Waals surface area contributed by atoms with Crippen molar-refractivity contribution in [1.82, 2.24) is 0 Å². The summed E-state index contributed by atoms with van der Waals surface area (Å²) < 4.78 is 54.5. The lowest BCUT2D eigenvalue weighted by atomic mass is 10.0. The molecule has 0 saturated carbocycles. The predicted molar refractivity (Wildman–Crippen MR) is 138 cm³/mol.